The SMILES string of the molecule is NS(=O)(=O)Nc1cc(NCCCO)ccc1O. The van der Waals surface area contributed by atoms with Gasteiger partial charge >= 0.3 is 0 Å². The third kappa shape index (κ3) is 4.89. The summed E-state index contributed by atoms with van der Waals surface area (Å²) in [6.45, 7) is 0.601. The maximum Gasteiger partial charge on any atom is 0.296 e. The normalized spacial score (nSPS) is 11.2. The Balaban J connectivity index is 2.79. The van der Waals surface area contributed by atoms with Crippen LogP contribution in [0.25, 0.3) is 0 Å². The van der Waals surface area contributed by atoms with E-state index >= 15 is 0 Å². The van der Waals surface area contributed by atoms with E-state index in [1.165, 1.54) is 12.1 Å². The molecule has 0 spiro atoms. The lowest BCUT2D eigenvalue weighted by Gasteiger charge is -2.10. The minimum atomic E-state index is -3.92. The fraction of sp³-hybridized carbons (Fsp3) is 0.333. The van der Waals surface area contributed by atoms with Crippen molar-refractivity contribution in [1.29, 1.82) is 0 Å². The van der Waals surface area contributed by atoms with Crippen LogP contribution in [0.15, 0.2) is 18.2 Å². The Morgan fingerprint density at radius 2 is 2.06 bits per heavy atom. The van der Waals surface area contributed by atoms with Gasteiger partial charge in [-0.15, -0.1) is 0 Å². The molecule has 17 heavy (non-hydrogen) atoms. The number of rotatable bonds is 6. The molecule has 0 atom stereocenters. The summed E-state index contributed by atoms with van der Waals surface area (Å²) in [5.74, 6) is -0.216. The van der Waals surface area contributed by atoms with Crippen LogP contribution in [0.5, 0.6) is 5.75 Å². The lowest BCUT2D eigenvalue weighted by molar-refractivity contribution is 0.292. The molecule has 96 valence electrons. The molecule has 0 unspecified atom stereocenters. The highest BCUT2D eigenvalue weighted by Gasteiger charge is 2.07. The predicted octanol–water partition coefficient (Wildman–Crippen LogP) is -0.198. The van der Waals surface area contributed by atoms with Gasteiger partial charge in [-0.2, -0.15) is 8.42 Å². The zero-order valence-corrected chi connectivity index (χ0v) is 9.87. The first kappa shape index (κ1) is 13.6. The molecule has 0 amide bonds. The first-order chi connectivity index (χ1) is 7.92. The van der Waals surface area contributed by atoms with Crippen molar-refractivity contribution in [2.24, 2.45) is 5.14 Å². The van der Waals surface area contributed by atoms with Crippen LogP contribution in [-0.4, -0.2) is 31.8 Å². The lowest BCUT2D eigenvalue weighted by Crippen LogP contribution is -2.21. The van der Waals surface area contributed by atoms with Gasteiger partial charge in [0.15, 0.2) is 0 Å². The summed E-state index contributed by atoms with van der Waals surface area (Å²) in [6.07, 6.45) is 0.568. The second-order valence-electron chi connectivity index (χ2n) is 3.38. The summed E-state index contributed by atoms with van der Waals surface area (Å²) in [4.78, 5) is 0. The molecule has 1 aromatic rings. The average molecular weight is 261 g/mol. The largest absolute Gasteiger partial charge is 0.506 e. The van der Waals surface area contributed by atoms with Crippen LogP contribution >= 0.6 is 0 Å². The molecule has 0 fully saturated rings. The predicted molar refractivity (Wildman–Crippen MR) is 65.0 cm³/mol. The number of anilines is 2. The summed E-state index contributed by atoms with van der Waals surface area (Å²) >= 11 is 0. The molecular formula is C9H15N3O4S. The molecule has 0 saturated heterocycles. The van der Waals surface area contributed by atoms with E-state index in [2.05, 4.69) is 5.32 Å². The van der Waals surface area contributed by atoms with Crippen molar-refractivity contribution < 1.29 is 18.6 Å². The number of aliphatic hydroxyl groups excluding tert-OH is 1. The maximum atomic E-state index is 10.8. The molecule has 8 heteroatoms. The van der Waals surface area contributed by atoms with Gasteiger partial charge < -0.3 is 15.5 Å². The number of aromatic hydroxyl groups is 1. The summed E-state index contributed by atoms with van der Waals surface area (Å²) in [5.41, 5.74) is 0.615. The van der Waals surface area contributed by atoms with Crippen LogP contribution < -0.4 is 15.2 Å². The van der Waals surface area contributed by atoms with Crippen LogP contribution in [0.3, 0.4) is 0 Å². The van der Waals surface area contributed by atoms with Gasteiger partial charge in [-0.3, -0.25) is 4.72 Å². The van der Waals surface area contributed by atoms with Gasteiger partial charge in [0.05, 0.1) is 5.69 Å². The molecule has 1 rings (SSSR count). The Morgan fingerprint density at radius 1 is 1.35 bits per heavy atom. The number of aliphatic hydroxyl groups is 1. The van der Waals surface area contributed by atoms with Crippen molar-refractivity contribution in [2.45, 2.75) is 6.42 Å². The molecule has 0 aliphatic rings. The highest BCUT2D eigenvalue weighted by molar-refractivity contribution is 7.90. The van der Waals surface area contributed by atoms with Crippen LogP contribution in [0, 0.1) is 0 Å². The van der Waals surface area contributed by atoms with E-state index in [0.717, 1.165) is 0 Å². The monoisotopic (exact) mass is 261 g/mol. The van der Waals surface area contributed by atoms with Gasteiger partial charge in [0.25, 0.3) is 10.2 Å². The van der Waals surface area contributed by atoms with Gasteiger partial charge in [-0.1, -0.05) is 0 Å². The van der Waals surface area contributed by atoms with E-state index in [9.17, 15) is 13.5 Å². The van der Waals surface area contributed by atoms with Crippen molar-refractivity contribution >= 4 is 21.6 Å². The van der Waals surface area contributed by atoms with Crippen LogP contribution in [-0.2, 0) is 10.2 Å². The van der Waals surface area contributed by atoms with Crippen LogP contribution in [0.2, 0.25) is 0 Å². The topological polar surface area (TPSA) is 125 Å². The molecule has 0 radical (unpaired) electrons. The summed E-state index contributed by atoms with van der Waals surface area (Å²) in [6, 6.07) is 4.34. The third-order valence-corrected chi connectivity index (χ3v) is 2.42. The zero-order chi connectivity index (χ0) is 12.9. The minimum absolute atomic E-state index is 0.00139. The minimum Gasteiger partial charge on any atom is -0.506 e. The molecule has 1 aromatic carbocycles. The van der Waals surface area contributed by atoms with Crippen LogP contribution in [0.1, 0.15) is 6.42 Å². The quantitative estimate of drug-likeness (QED) is 0.275. The van der Waals surface area contributed by atoms with Crippen LogP contribution in [0.4, 0.5) is 11.4 Å². The second kappa shape index (κ2) is 5.71. The highest BCUT2D eigenvalue weighted by atomic mass is 32.2. The van der Waals surface area contributed by atoms with Gasteiger partial charge in [-0.25, -0.2) is 5.14 Å². The van der Waals surface area contributed by atoms with Gasteiger partial charge in [-0.05, 0) is 24.6 Å². The molecular weight excluding hydrogens is 246 g/mol. The molecule has 7 nitrogen and oxygen atoms in total. The summed E-state index contributed by atoms with van der Waals surface area (Å²) < 4.78 is 23.6. The van der Waals surface area contributed by atoms with Gasteiger partial charge in [0.2, 0.25) is 0 Å². The Hall–Kier alpha value is -1.51. The Labute approximate surface area is 99.5 Å². The van der Waals surface area contributed by atoms with Gasteiger partial charge in [0, 0.05) is 18.8 Å². The van der Waals surface area contributed by atoms with Gasteiger partial charge in [0.1, 0.15) is 5.75 Å². The molecule has 0 saturated carbocycles. The fourth-order valence-corrected chi connectivity index (χ4v) is 1.66. The molecule has 0 bridgehead atoms. The Bertz CT molecular complexity index is 475. The molecule has 6 N–H and O–H groups in total. The van der Waals surface area contributed by atoms with E-state index in [-0.39, 0.29) is 18.0 Å². The first-order valence-electron chi connectivity index (χ1n) is 4.90. The van der Waals surface area contributed by atoms with Crippen molar-refractivity contribution in [3.8, 4) is 5.75 Å². The maximum absolute atomic E-state index is 10.8. The zero-order valence-electron chi connectivity index (χ0n) is 9.05. The number of nitrogens with two attached hydrogens (primary N) is 1. The van der Waals surface area contributed by atoms with E-state index < -0.39 is 10.2 Å². The van der Waals surface area contributed by atoms with Crippen molar-refractivity contribution in [3.05, 3.63) is 18.2 Å². The highest BCUT2D eigenvalue weighted by Crippen LogP contribution is 2.27. The lowest BCUT2D eigenvalue weighted by atomic mass is 10.2. The Morgan fingerprint density at radius 3 is 2.65 bits per heavy atom. The third-order valence-electron chi connectivity index (χ3n) is 1.91. The smallest absolute Gasteiger partial charge is 0.296 e. The fourth-order valence-electron chi connectivity index (χ4n) is 1.19. The number of phenols is 1. The number of hydrogen-bond acceptors (Lipinski definition) is 5. The van der Waals surface area contributed by atoms with E-state index in [0.29, 0.717) is 18.7 Å². The second-order valence-corrected chi connectivity index (χ2v) is 4.68. The first-order valence-corrected chi connectivity index (χ1v) is 6.45. The number of benzene rings is 1. The summed E-state index contributed by atoms with van der Waals surface area (Å²) in [7, 11) is -3.92. The number of nitrogens with one attached hydrogen (secondary N) is 2. The average Bonchev–Trinajstić information content (AvgIpc) is 2.21. The van der Waals surface area contributed by atoms with Crippen molar-refractivity contribution in [3.63, 3.8) is 0 Å². The number of hydrogen-bond donors (Lipinski definition) is 5. The standard InChI is InChI=1S/C9H15N3O4S/c10-17(15,16)12-8-6-7(2-3-9(8)14)11-4-1-5-13/h2-3,6,11-14H,1,4-5H2,(H2,10,15,16). The molecule has 0 aromatic heterocycles. The van der Waals surface area contributed by atoms with E-state index in [4.69, 9.17) is 10.2 Å². The van der Waals surface area contributed by atoms with E-state index in [1.807, 2.05) is 4.72 Å². The molecule has 0 aliphatic carbocycles. The Kier molecular flexibility index (Phi) is 4.55. The molecule has 0 heterocycles. The van der Waals surface area contributed by atoms with E-state index in [1.54, 1.807) is 6.07 Å². The summed E-state index contributed by atoms with van der Waals surface area (Å²) in [5, 5.41) is 25.8. The van der Waals surface area contributed by atoms with Crippen molar-refractivity contribution in [1.82, 2.24) is 0 Å². The molecule has 0 aliphatic heterocycles. The van der Waals surface area contributed by atoms with Crippen molar-refractivity contribution in [2.75, 3.05) is 23.2 Å². The number of phenolic OH excluding ortho intramolecular Hbond substituents is 1.